The van der Waals surface area contributed by atoms with E-state index < -0.39 is 16.1 Å². The van der Waals surface area contributed by atoms with Crippen molar-refractivity contribution in [1.29, 1.82) is 0 Å². The Morgan fingerprint density at radius 2 is 2.10 bits per heavy atom. The van der Waals surface area contributed by atoms with Crippen molar-refractivity contribution in [3.63, 3.8) is 0 Å². The van der Waals surface area contributed by atoms with Crippen molar-refractivity contribution >= 4 is 28.3 Å². The summed E-state index contributed by atoms with van der Waals surface area (Å²) in [5.41, 5.74) is 0. The van der Waals surface area contributed by atoms with Gasteiger partial charge in [0.15, 0.2) is 0 Å². The molecule has 1 heterocycles. The van der Waals surface area contributed by atoms with Crippen LogP contribution in [0.3, 0.4) is 0 Å². The molecule has 1 atom stereocenters. The number of likely N-dealkylation sites (N-methyl/N-ethyl adjacent to an activating group) is 2. The lowest BCUT2D eigenvalue weighted by Crippen LogP contribution is -2.48. The Hall–Kier alpha value is -0.370. The number of rotatable bonds is 7. The first-order valence-electron chi connectivity index (χ1n) is 6.83. The van der Waals surface area contributed by atoms with Crippen LogP contribution in [0.25, 0.3) is 0 Å². The van der Waals surface area contributed by atoms with Crippen LogP contribution in [-0.2, 0) is 14.8 Å². The van der Waals surface area contributed by atoms with Crippen LogP contribution in [0.5, 0.6) is 0 Å². The lowest BCUT2D eigenvalue weighted by atomic mass is 10.2. The molecule has 1 rings (SSSR count). The van der Waals surface area contributed by atoms with Crippen molar-refractivity contribution in [3.8, 4) is 0 Å². The number of nitrogens with zero attached hydrogens (tertiary/aromatic N) is 2. The Morgan fingerprint density at radius 3 is 2.65 bits per heavy atom. The highest BCUT2D eigenvalue weighted by atomic mass is 35.5. The third kappa shape index (κ3) is 4.87. The maximum Gasteiger partial charge on any atom is 0.240 e. The molecule has 1 aliphatic heterocycles. The van der Waals surface area contributed by atoms with E-state index in [1.807, 2.05) is 14.0 Å². The molecule has 0 aliphatic carbocycles. The second kappa shape index (κ2) is 8.81. The summed E-state index contributed by atoms with van der Waals surface area (Å²) < 4.78 is 25.7. The zero-order valence-corrected chi connectivity index (χ0v) is 14.1. The molecule has 0 aromatic heterocycles. The van der Waals surface area contributed by atoms with Crippen molar-refractivity contribution in [2.24, 2.45) is 0 Å². The fourth-order valence-corrected chi connectivity index (χ4v) is 4.08. The molecule has 1 aliphatic rings. The fraction of sp³-hybridized carbons (Fsp3) is 0.917. The Balaban J connectivity index is 0.00000361. The zero-order valence-electron chi connectivity index (χ0n) is 12.5. The van der Waals surface area contributed by atoms with Gasteiger partial charge >= 0.3 is 0 Å². The minimum atomic E-state index is -3.29. The molecular weight excluding hydrogens is 302 g/mol. The fourth-order valence-electron chi connectivity index (χ4n) is 2.34. The molecule has 1 saturated heterocycles. The number of sulfonamides is 1. The van der Waals surface area contributed by atoms with E-state index in [-0.39, 0.29) is 24.1 Å². The van der Waals surface area contributed by atoms with E-state index in [0.29, 0.717) is 32.5 Å². The number of carbonyl (C=O) groups is 1. The van der Waals surface area contributed by atoms with Crippen molar-refractivity contribution in [3.05, 3.63) is 0 Å². The summed E-state index contributed by atoms with van der Waals surface area (Å²) in [6, 6.07) is -0.501. The minimum absolute atomic E-state index is 0. The van der Waals surface area contributed by atoms with Gasteiger partial charge in [0.25, 0.3) is 0 Å². The van der Waals surface area contributed by atoms with Crippen molar-refractivity contribution in [2.75, 3.05) is 39.5 Å². The first kappa shape index (κ1) is 19.6. The Bertz CT molecular complexity index is 403. The van der Waals surface area contributed by atoms with E-state index in [0.717, 1.165) is 6.42 Å². The normalized spacial score (nSPS) is 19.6. The average molecular weight is 328 g/mol. The predicted molar refractivity (Wildman–Crippen MR) is 82.6 cm³/mol. The van der Waals surface area contributed by atoms with E-state index in [9.17, 15) is 13.2 Å². The van der Waals surface area contributed by atoms with Crippen LogP contribution in [-0.4, -0.2) is 69.1 Å². The molecule has 20 heavy (non-hydrogen) atoms. The molecule has 1 N–H and O–H groups in total. The molecule has 0 bridgehead atoms. The molecule has 120 valence electrons. The molecule has 0 radical (unpaired) electrons. The Labute approximate surface area is 128 Å². The number of nitrogens with one attached hydrogen (secondary N) is 1. The Kier molecular flexibility index (Phi) is 8.65. The smallest absolute Gasteiger partial charge is 0.240 e. The number of carbonyl (C=O) groups excluding carboxylic acids is 1. The first-order valence-corrected chi connectivity index (χ1v) is 8.44. The molecular formula is C12H26ClN3O3S. The van der Waals surface area contributed by atoms with Gasteiger partial charge in [0.2, 0.25) is 15.9 Å². The molecule has 0 saturated carbocycles. The number of hydrogen-bond acceptors (Lipinski definition) is 4. The summed E-state index contributed by atoms with van der Waals surface area (Å²) >= 11 is 0. The minimum Gasteiger partial charge on any atom is -0.343 e. The standard InChI is InChI=1S/C12H25N3O3S.ClH/c1-4-10-19(17,18)15-8-5-6-11(15)12(16)14(3)9-7-13-2;/h11,13H,4-10H2,1-3H3;1H. The summed E-state index contributed by atoms with van der Waals surface area (Å²) in [6.45, 7) is 3.60. The van der Waals surface area contributed by atoms with Crippen molar-refractivity contribution in [1.82, 2.24) is 14.5 Å². The van der Waals surface area contributed by atoms with Gasteiger partial charge < -0.3 is 10.2 Å². The van der Waals surface area contributed by atoms with Crippen LogP contribution < -0.4 is 5.32 Å². The van der Waals surface area contributed by atoms with Gasteiger partial charge in [-0.15, -0.1) is 12.4 Å². The maximum absolute atomic E-state index is 12.3. The van der Waals surface area contributed by atoms with Gasteiger partial charge in [0, 0.05) is 26.7 Å². The third-order valence-corrected chi connectivity index (χ3v) is 5.46. The third-order valence-electron chi connectivity index (χ3n) is 3.38. The largest absolute Gasteiger partial charge is 0.343 e. The molecule has 6 nitrogen and oxygen atoms in total. The lowest BCUT2D eigenvalue weighted by molar-refractivity contribution is -0.133. The number of halogens is 1. The van der Waals surface area contributed by atoms with Crippen molar-refractivity contribution in [2.45, 2.75) is 32.2 Å². The zero-order chi connectivity index (χ0) is 14.5. The monoisotopic (exact) mass is 327 g/mol. The van der Waals surface area contributed by atoms with Gasteiger partial charge in [-0.1, -0.05) is 6.92 Å². The summed E-state index contributed by atoms with van der Waals surface area (Å²) in [5, 5.41) is 2.98. The SMILES string of the molecule is CCCS(=O)(=O)N1CCCC1C(=O)N(C)CCNC.Cl. The number of amides is 1. The molecule has 1 amide bonds. The van der Waals surface area contributed by atoms with E-state index in [4.69, 9.17) is 0 Å². The van der Waals surface area contributed by atoms with Crippen molar-refractivity contribution < 1.29 is 13.2 Å². The van der Waals surface area contributed by atoms with Crippen LogP contribution in [0, 0.1) is 0 Å². The van der Waals surface area contributed by atoms with Gasteiger partial charge in [0.05, 0.1) is 5.75 Å². The maximum atomic E-state index is 12.3. The summed E-state index contributed by atoms with van der Waals surface area (Å²) in [6.07, 6.45) is 1.97. The van der Waals surface area contributed by atoms with Crippen LogP contribution in [0.15, 0.2) is 0 Å². The van der Waals surface area contributed by atoms with E-state index in [1.165, 1.54) is 4.31 Å². The summed E-state index contributed by atoms with van der Waals surface area (Å²) in [5.74, 6) is 0.0317. The highest BCUT2D eigenvalue weighted by molar-refractivity contribution is 7.89. The van der Waals surface area contributed by atoms with Gasteiger partial charge in [-0.25, -0.2) is 8.42 Å². The highest BCUT2D eigenvalue weighted by Gasteiger charge is 2.39. The second-order valence-electron chi connectivity index (χ2n) is 4.95. The predicted octanol–water partition coefficient (Wildman–Crippen LogP) is 0.290. The summed E-state index contributed by atoms with van der Waals surface area (Å²) in [7, 11) is 0.262. The lowest BCUT2D eigenvalue weighted by Gasteiger charge is -2.27. The topological polar surface area (TPSA) is 69.7 Å². The van der Waals surface area contributed by atoms with Crippen LogP contribution in [0.2, 0.25) is 0 Å². The quantitative estimate of drug-likeness (QED) is 0.729. The van der Waals surface area contributed by atoms with E-state index in [2.05, 4.69) is 5.32 Å². The van der Waals surface area contributed by atoms with Gasteiger partial charge in [-0.3, -0.25) is 4.79 Å². The molecule has 8 heteroatoms. The number of hydrogen-bond donors (Lipinski definition) is 1. The second-order valence-corrected chi connectivity index (χ2v) is 6.99. The molecule has 0 spiro atoms. The molecule has 0 aromatic carbocycles. The molecule has 0 aromatic rings. The van der Waals surface area contributed by atoms with Crippen LogP contribution in [0.4, 0.5) is 0 Å². The summed E-state index contributed by atoms with van der Waals surface area (Å²) in [4.78, 5) is 13.9. The van der Waals surface area contributed by atoms with E-state index >= 15 is 0 Å². The van der Waals surface area contributed by atoms with E-state index in [1.54, 1.807) is 11.9 Å². The first-order chi connectivity index (χ1) is 8.94. The van der Waals surface area contributed by atoms with Crippen LogP contribution >= 0.6 is 12.4 Å². The molecule has 1 fully saturated rings. The average Bonchev–Trinajstić information content (AvgIpc) is 2.84. The highest BCUT2D eigenvalue weighted by Crippen LogP contribution is 2.23. The van der Waals surface area contributed by atoms with Gasteiger partial charge in [-0.2, -0.15) is 4.31 Å². The van der Waals surface area contributed by atoms with Crippen LogP contribution in [0.1, 0.15) is 26.2 Å². The Morgan fingerprint density at radius 1 is 1.45 bits per heavy atom. The van der Waals surface area contributed by atoms with Gasteiger partial charge in [0.1, 0.15) is 6.04 Å². The van der Waals surface area contributed by atoms with Gasteiger partial charge in [-0.05, 0) is 26.3 Å². The molecule has 1 unspecified atom stereocenters.